The summed E-state index contributed by atoms with van der Waals surface area (Å²) >= 11 is 0. The van der Waals surface area contributed by atoms with Crippen molar-refractivity contribution in [3.63, 3.8) is 0 Å². The zero-order valence-electron chi connectivity index (χ0n) is 14.6. The van der Waals surface area contributed by atoms with Crippen molar-refractivity contribution in [3.05, 3.63) is 23.8 Å². The van der Waals surface area contributed by atoms with Crippen LogP contribution in [0.4, 0.5) is 11.4 Å². The highest BCUT2D eigenvalue weighted by Gasteiger charge is 2.29. The molecule has 0 saturated carbocycles. The molecule has 3 N–H and O–H groups in total. The van der Waals surface area contributed by atoms with Gasteiger partial charge in [0, 0.05) is 30.9 Å². The van der Waals surface area contributed by atoms with Crippen LogP contribution < -0.4 is 21.1 Å². The molecule has 1 fully saturated rings. The molecule has 1 aromatic rings. The van der Waals surface area contributed by atoms with Gasteiger partial charge in [-0.25, -0.2) is 5.43 Å². The first-order valence-corrected chi connectivity index (χ1v) is 8.65. The van der Waals surface area contributed by atoms with Crippen molar-refractivity contribution in [2.24, 2.45) is 5.92 Å². The second-order valence-corrected chi connectivity index (χ2v) is 7.19. The highest BCUT2D eigenvalue weighted by atomic mass is 16.2. The molecule has 2 aliphatic heterocycles. The first-order valence-electron chi connectivity index (χ1n) is 8.65. The molecule has 1 saturated heterocycles. The molecule has 2 atom stereocenters. The Balaban J connectivity index is 1.62. The van der Waals surface area contributed by atoms with Crippen LogP contribution in [0.1, 0.15) is 38.7 Å². The third kappa shape index (κ3) is 3.60. The molecule has 0 bridgehead atoms. The van der Waals surface area contributed by atoms with Crippen molar-refractivity contribution < 1.29 is 9.59 Å². The number of hydrazine groups is 1. The van der Waals surface area contributed by atoms with E-state index in [1.165, 1.54) is 0 Å². The van der Waals surface area contributed by atoms with Crippen LogP contribution >= 0.6 is 0 Å². The number of rotatable bonds is 4. The molecule has 0 aromatic heterocycles. The number of hydrogen-bond donors (Lipinski definition) is 3. The number of aryl methyl sites for hydroxylation is 1. The van der Waals surface area contributed by atoms with Gasteiger partial charge in [0.15, 0.2) is 0 Å². The van der Waals surface area contributed by atoms with Crippen LogP contribution in [-0.2, 0) is 16.0 Å². The van der Waals surface area contributed by atoms with Crippen LogP contribution in [-0.4, -0.2) is 30.9 Å². The lowest BCUT2D eigenvalue weighted by Gasteiger charge is -2.26. The molecule has 3 rings (SSSR count). The van der Waals surface area contributed by atoms with E-state index in [2.05, 4.69) is 30.0 Å². The van der Waals surface area contributed by atoms with Gasteiger partial charge in [0.2, 0.25) is 11.8 Å². The Hall–Kier alpha value is -1.92. The van der Waals surface area contributed by atoms with E-state index in [1.807, 2.05) is 18.2 Å². The summed E-state index contributed by atoms with van der Waals surface area (Å²) in [6.07, 6.45) is 3.09. The Morgan fingerprint density at radius 1 is 1.33 bits per heavy atom. The molecule has 24 heavy (non-hydrogen) atoms. The third-order valence-corrected chi connectivity index (χ3v) is 4.75. The number of hydrogen-bond acceptors (Lipinski definition) is 4. The topological polar surface area (TPSA) is 73.5 Å². The zero-order valence-corrected chi connectivity index (χ0v) is 14.6. The van der Waals surface area contributed by atoms with Crippen molar-refractivity contribution in [2.75, 3.05) is 17.3 Å². The molecular weight excluding hydrogens is 304 g/mol. The quantitative estimate of drug-likeness (QED) is 0.787. The van der Waals surface area contributed by atoms with E-state index >= 15 is 0 Å². The number of carbonyl (C=O) groups is 2. The summed E-state index contributed by atoms with van der Waals surface area (Å²) < 4.78 is 0. The van der Waals surface area contributed by atoms with Gasteiger partial charge in [-0.2, -0.15) is 0 Å². The summed E-state index contributed by atoms with van der Waals surface area (Å²) in [7, 11) is 1.79. The van der Waals surface area contributed by atoms with Crippen LogP contribution in [0.3, 0.4) is 0 Å². The summed E-state index contributed by atoms with van der Waals surface area (Å²) in [4.78, 5) is 25.9. The van der Waals surface area contributed by atoms with Gasteiger partial charge >= 0.3 is 0 Å². The molecule has 2 amide bonds. The van der Waals surface area contributed by atoms with Gasteiger partial charge in [-0.15, -0.1) is 0 Å². The lowest BCUT2D eigenvalue weighted by atomic mass is 9.99. The Kier molecular flexibility index (Phi) is 4.87. The van der Waals surface area contributed by atoms with E-state index in [9.17, 15) is 9.59 Å². The summed E-state index contributed by atoms with van der Waals surface area (Å²) in [6.45, 7) is 4.37. The predicted molar refractivity (Wildman–Crippen MR) is 94.7 cm³/mol. The number of nitrogens with zero attached hydrogens (tertiary/aromatic N) is 1. The second-order valence-electron chi connectivity index (χ2n) is 7.19. The summed E-state index contributed by atoms with van der Waals surface area (Å²) in [6, 6.07) is 5.87. The number of nitrogens with one attached hydrogen (secondary N) is 3. The molecule has 1 aromatic carbocycles. The average molecular weight is 330 g/mol. The van der Waals surface area contributed by atoms with Crippen LogP contribution in [0.25, 0.3) is 0 Å². The second kappa shape index (κ2) is 6.91. The first kappa shape index (κ1) is 16.9. The Morgan fingerprint density at radius 2 is 2.12 bits per heavy atom. The van der Waals surface area contributed by atoms with E-state index in [1.54, 1.807) is 11.9 Å². The van der Waals surface area contributed by atoms with Gasteiger partial charge in [0.05, 0.1) is 0 Å². The maximum absolute atomic E-state index is 12.5. The first-order chi connectivity index (χ1) is 11.4. The van der Waals surface area contributed by atoms with Gasteiger partial charge in [0.1, 0.15) is 6.04 Å². The fourth-order valence-electron chi connectivity index (χ4n) is 3.48. The van der Waals surface area contributed by atoms with Crippen molar-refractivity contribution in [1.82, 2.24) is 10.9 Å². The van der Waals surface area contributed by atoms with Gasteiger partial charge in [0.25, 0.3) is 0 Å². The number of fused-ring (bicyclic) bond motifs is 1. The standard InChI is InChI=1S/C18H26N4O2/c1-11(2)8-14-10-15(21-20-14)18(24)19-13-5-6-16-12(9-13)4-7-17(23)22(16)3/h5-6,9,11,14-15,20-21H,4,7-8,10H2,1-3H3,(H,19,24). The van der Waals surface area contributed by atoms with Crippen LogP contribution in [0.2, 0.25) is 0 Å². The van der Waals surface area contributed by atoms with Crippen molar-refractivity contribution in [1.29, 1.82) is 0 Å². The highest BCUT2D eigenvalue weighted by molar-refractivity contribution is 5.98. The Bertz CT molecular complexity index is 644. The summed E-state index contributed by atoms with van der Waals surface area (Å²) in [5.74, 6) is 0.720. The van der Waals surface area contributed by atoms with Gasteiger partial charge in [-0.05, 0) is 48.9 Å². The average Bonchev–Trinajstić information content (AvgIpc) is 2.99. The zero-order chi connectivity index (χ0) is 17.3. The minimum absolute atomic E-state index is 0.0195. The van der Waals surface area contributed by atoms with Crippen molar-refractivity contribution in [2.45, 2.75) is 51.6 Å². The molecule has 0 radical (unpaired) electrons. The highest BCUT2D eigenvalue weighted by Crippen LogP contribution is 2.29. The number of benzene rings is 1. The van der Waals surface area contributed by atoms with Gasteiger partial charge < -0.3 is 10.2 Å². The molecular formula is C18H26N4O2. The summed E-state index contributed by atoms with van der Waals surface area (Å²) in [5, 5.41) is 2.99. The minimum atomic E-state index is -0.214. The largest absolute Gasteiger partial charge is 0.325 e. The normalized spacial score (nSPS) is 23.5. The maximum atomic E-state index is 12.5. The van der Waals surface area contributed by atoms with Gasteiger partial charge in [-0.3, -0.25) is 15.0 Å². The number of amides is 2. The fourth-order valence-corrected chi connectivity index (χ4v) is 3.48. The molecule has 0 aliphatic carbocycles. The van der Waals surface area contributed by atoms with E-state index < -0.39 is 0 Å². The minimum Gasteiger partial charge on any atom is -0.325 e. The smallest absolute Gasteiger partial charge is 0.242 e. The molecule has 2 unspecified atom stereocenters. The maximum Gasteiger partial charge on any atom is 0.242 e. The third-order valence-electron chi connectivity index (χ3n) is 4.75. The fraction of sp³-hybridized carbons (Fsp3) is 0.556. The van der Waals surface area contributed by atoms with E-state index in [0.717, 1.165) is 36.2 Å². The molecule has 2 heterocycles. The monoisotopic (exact) mass is 330 g/mol. The van der Waals surface area contributed by atoms with Crippen LogP contribution in [0.5, 0.6) is 0 Å². The van der Waals surface area contributed by atoms with E-state index in [4.69, 9.17) is 0 Å². The Morgan fingerprint density at radius 3 is 2.88 bits per heavy atom. The number of anilines is 2. The van der Waals surface area contributed by atoms with E-state index in [0.29, 0.717) is 18.4 Å². The molecule has 130 valence electrons. The van der Waals surface area contributed by atoms with Crippen molar-refractivity contribution >= 4 is 23.2 Å². The van der Waals surface area contributed by atoms with Crippen LogP contribution in [0.15, 0.2) is 18.2 Å². The lowest BCUT2D eigenvalue weighted by molar-refractivity contribution is -0.119. The Labute approximate surface area is 143 Å². The number of carbonyl (C=O) groups excluding carboxylic acids is 2. The van der Waals surface area contributed by atoms with Gasteiger partial charge in [-0.1, -0.05) is 13.8 Å². The molecule has 2 aliphatic rings. The molecule has 6 nitrogen and oxygen atoms in total. The summed E-state index contributed by atoms with van der Waals surface area (Å²) in [5.41, 5.74) is 9.12. The van der Waals surface area contributed by atoms with Crippen LogP contribution in [0, 0.1) is 5.92 Å². The SMILES string of the molecule is CC(C)CC1CC(C(=O)Nc2ccc3c(c2)CCC(=O)N3C)NN1. The molecule has 0 spiro atoms. The predicted octanol–water partition coefficient (Wildman–Crippen LogP) is 1.82. The van der Waals surface area contributed by atoms with Crippen molar-refractivity contribution in [3.8, 4) is 0 Å². The van der Waals surface area contributed by atoms with E-state index in [-0.39, 0.29) is 17.9 Å². The lowest BCUT2D eigenvalue weighted by Crippen LogP contribution is -2.40. The molecule has 6 heteroatoms.